The van der Waals surface area contributed by atoms with Gasteiger partial charge >= 0.3 is 11.9 Å². The van der Waals surface area contributed by atoms with Gasteiger partial charge in [-0.25, -0.2) is 9.57 Å². The van der Waals surface area contributed by atoms with Gasteiger partial charge < -0.3 is 58.4 Å². The second-order valence-corrected chi connectivity index (χ2v) is 21.4. The molecule has 0 heterocycles. The Morgan fingerprint density at radius 3 is 1.36 bits per heavy atom. The highest BCUT2D eigenvalue weighted by Crippen LogP contribution is 2.40. The maximum atomic E-state index is 12.6. The van der Waals surface area contributed by atoms with Crippen LogP contribution in [0.25, 0.3) is 0 Å². The van der Waals surface area contributed by atoms with Crippen molar-refractivity contribution in [1.82, 2.24) is 31.9 Å². The second kappa shape index (κ2) is 45.1. The van der Waals surface area contributed by atoms with Crippen LogP contribution in [0.5, 0.6) is 0 Å². The van der Waals surface area contributed by atoms with E-state index >= 15 is 0 Å². The first kappa shape index (κ1) is 65.5. The number of Topliss-reactive ketones (excluding diaryl/α,β-unsaturated/α-hetero) is 3. The molecule has 0 aromatic carbocycles. The fourth-order valence-corrected chi connectivity index (χ4v) is 11.5. The summed E-state index contributed by atoms with van der Waals surface area (Å²) in [5, 5.41) is 35.7. The maximum absolute atomic E-state index is 12.6. The number of carbonyl (C=O) groups excluding carboxylic acids is 8. The summed E-state index contributed by atoms with van der Waals surface area (Å²) in [6.45, 7) is 3.94. The van der Waals surface area contributed by atoms with Crippen molar-refractivity contribution in [1.29, 1.82) is 4.78 Å². The van der Waals surface area contributed by atoms with Gasteiger partial charge in [0.05, 0.1) is 13.1 Å². The van der Waals surface area contributed by atoms with E-state index in [-0.39, 0.29) is 69.7 Å². The fourth-order valence-electron chi connectivity index (χ4n) is 5.69. The number of aliphatic carboxylic acids is 2. The van der Waals surface area contributed by atoms with Gasteiger partial charge in [0.15, 0.2) is 11.6 Å². The van der Waals surface area contributed by atoms with E-state index in [1.165, 1.54) is 32.6 Å². The van der Waals surface area contributed by atoms with Crippen molar-refractivity contribution in [3.63, 3.8) is 0 Å². The number of amides is 5. The second-order valence-electron chi connectivity index (χ2n) is 15.3. The molecule has 10 atom stereocenters. The Hall–Kier alpha value is -2.54. The van der Waals surface area contributed by atoms with Crippen LogP contribution >= 0.6 is 65.5 Å². The molecule has 28 heteroatoms. The number of carbonyl (C=O) groups is 10. The van der Waals surface area contributed by atoms with Crippen molar-refractivity contribution < 1.29 is 60.9 Å². The number of thioether (sulfide) groups is 4. The van der Waals surface area contributed by atoms with Gasteiger partial charge in [0.25, 0.3) is 0 Å². The van der Waals surface area contributed by atoms with Crippen LogP contribution in [0, 0.1) is 4.78 Å². The molecule has 402 valence electrons. The minimum atomic E-state index is -1.36. The molecule has 2 aliphatic rings. The average molecular weight is 1130 g/mol. The molecule has 2 rings (SSSR count). The number of carboxylic acids is 2. The zero-order chi connectivity index (χ0) is 55.0. The summed E-state index contributed by atoms with van der Waals surface area (Å²) >= 11 is 11.2. The van der Waals surface area contributed by atoms with Crippen LogP contribution in [0.15, 0.2) is 0 Å². The van der Waals surface area contributed by atoms with Crippen molar-refractivity contribution in [3.05, 3.63) is 0 Å². The largest absolute Gasteiger partial charge is 0.481 e. The lowest BCUT2D eigenvalue weighted by atomic mass is 9.99. The van der Waals surface area contributed by atoms with Crippen molar-refractivity contribution in [2.24, 2.45) is 11.5 Å². The molecule has 2 saturated carbocycles. The number of carboxylic acid groups (broad SMARTS) is 2. The van der Waals surface area contributed by atoms with Crippen molar-refractivity contribution >= 4 is 137 Å². The van der Waals surface area contributed by atoms with E-state index < -0.39 is 77.9 Å². The van der Waals surface area contributed by atoms with Crippen LogP contribution < -0.4 is 43.4 Å². The van der Waals surface area contributed by atoms with E-state index in [0.717, 1.165) is 53.1 Å². The lowest BCUT2D eigenvalue weighted by Gasteiger charge is -2.35. The first-order chi connectivity index (χ1) is 34.1. The third-order valence-electron chi connectivity index (χ3n) is 9.78. The number of ketones is 3. The summed E-state index contributed by atoms with van der Waals surface area (Å²) in [7, 11) is 5.95. The van der Waals surface area contributed by atoms with Gasteiger partial charge in [-0.1, -0.05) is 0 Å². The molecule has 0 aromatic rings. The highest BCUT2D eigenvalue weighted by molar-refractivity contribution is 8.04. The minimum Gasteiger partial charge on any atom is -0.481 e. The number of hydrogen-bond donors (Lipinski definition) is 11. The van der Waals surface area contributed by atoms with Crippen LogP contribution in [0.1, 0.15) is 86.7 Å². The SMILES string of the molecule is N=S.NCCSC1CCC1SCCN.[3H]C(P)C(=O)CNC(=O)CCC(=O)N[C@H](CCC(=O)O)C(=O)O.[3H]C(P)C(=O)CNC(=O)CCC(=O)N[C@H](CCC(C)=O)C(=O)NCCSC1CCC1SCCNC. The Bertz CT molecular complexity index is 1680. The Balaban J connectivity index is 0. The molecule has 2 aliphatic carbocycles. The molecule has 13 N–H and O–H groups in total. The Morgan fingerprint density at radius 2 is 1.00 bits per heavy atom. The number of nitrogens with two attached hydrogens (primary N) is 2. The molecule has 5 amide bonds. The van der Waals surface area contributed by atoms with E-state index in [4.69, 9.17) is 29.2 Å². The summed E-state index contributed by atoms with van der Waals surface area (Å²) in [5.74, 6) is -2.09. The maximum Gasteiger partial charge on any atom is 0.326 e. The average Bonchev–Trinajstić information content (AvgIpc) is 3.32. The van der Waals surface area contributed by atoms with Crippen LogP contribution in [0.3, 0.4) is 0 Å². The molecule has 0 saturated heterocycles. The minimum absolute atomic E-state index is 0.0785. The zero-order valence-corrected chi connectivity index (χ0v) is 46.4. The lowest BCUT2D eigenvalue weighted by molar-refractivity contribution is -0.143. The molecule has 21 nitrogen and oxygen atoms in total. The monoisotopic (exact) mass is 1130 g/mol. The van der Waals surface area contributed by atoms with Gasteiger partial charge in [0, 0.05) is 136 Å². The molecule has 0 bridgehead atoms. The molecule has 2 fully saturated rings. The zero-order valence-electron chi connectivity index (χ0n) is 42.0. The third kappa shape index (κ3) is 37.2. The normalized spacial score (nSPS) is 18.5. The van der Waals surface area contributed by atoms with Crippen molar-refractivity contribution in [2.75, 3.05) is 81.6 Å². The van der Waals surface area contributed by atoms with E-state index in [1.807, 2.05) is 72.6 Å². The quantitative estimate of drug-likeness (QED) is 0.0300. The Labute approximate surface area is 442 Å². The van der Waals surface area contributed by atoms with Gasteiger partial charge in [0.2, 0.25) is 29.5 Å². The molecular weight excluding hydrogens is 1040 g/mol. The van der Waals surface area contributed by atoms with Gasteiger partial charge in [-0.15, -0.1) is 18.5 Å². The first-order valence-corrected chi connectivity index (χ1v) is 28.6. The summed E-state index contributed by atoms with van der Waals surface area (Å²) < 4.78 is 19.7. The van der Waals surface area contributed by atoms with E-state index in [1.54, 1.807) is 0 Å². The van der Waals surface area contributed by atoms with Gasteiger partial charge in [-0.3, -0.25) is 38.4 Å². The topological polar surface area (TPSA) is 359 Å². The van der Waals surface area contributed by atoms with E-state index in [0.29, 0.717) is 17.0 Å². The molecular formula is C42H77N9O12P2S5. The highest BCUT2D eigenvalue weighted by Gasteiger charge is 2.32. The molecule has 8 unspecified atom stereocenters. The third-order valence-corrected chi connectivity index (χ3v) is 16.7. The number of nitrogens with one attached hydrogen (secondary N) is 7. The Kier molecular flexibility index (Phi) is 42.2. The molecule has 0 aliphatic heterocycles. The molecule has 0 spiro atoms. The molecule has 0 radical (unpaired) electrons. The van der Waals surface area contributed by atoms with E-state index in [9.17, 15) is 47.9 Å². The van der Waals surface area contributed by atoms with Crippen LogP contribution in [-0.2, 0) is 60.4 Å². The summed E-state index contributed by atoms with van der Waals surface area (Å²) in [4.78, 5) is 115. The van der Waals surface area contributed by atoms with Crippen LogP contribution in [0.2, 0.25) is 0 Å². The van der Waals surface area contributed by atoms with Gasteiger partial charge in [-0.05, 0) is 52.5 Å². The summed E-state index contributed by atoms with van der Waals surface area (Å²) in [5.41, 5.74) is 10.9. The van der Waals surface area contributed by atoms with Crippen molar-refractivity contribution in [2.45, 2.75) is 117 Å². The van der Waals surface area contributed by atoms with Crippen LogP contribution in [0.4, 0.5) is 0 Å². The Morgan fingerprint density at radius 1 is 0.614 bits per heavy atom. The predicted octanol–water partition coefficient (Wildman–Crippen LogP) is 0.472. The van der Waals surface area contributed by atoms with Crippen molar-refractivity contribution in [3.8, 4) is 0 Å². The number of hydrogen-bond acceptors (Lipinski definition) is 19. The first-order valence-electron chi connectivity index (χ1n) is 23.8. The lowest BCUT2D eigenvalue weighted by Crippen LogP contribution is -2.47. The fraction of sp³-hybridized carbons (Fsp3) is 0.762. The summed E-state index contributed by atoms with van der Waals surface area (Å²) in [6, 6.07) is -2.19. The smallest absolute Gasteiger partial charge is 0.326 e. The van der Waals surface area contributed by atoms with E-state index in [2.05, 4.69) is 44.3 Å². The predicted molar refractivity (Wildman–Crippen MR) is 291 cm³/mol. The number of rotatable bonds is 36. The van der Waals surface area contributed by atoms with Crippen LogP contribution in [-0.4, -0.2) is 184 Å². The standard InChI is InChI=1S/C22H39N4O5PS2.C12H19N2O7P.C8H18N2S2.HNS/c1-15(27)3-4-17(26-21(30)8-7-20(29)25-13-16(28)14-32)22(31)24-10-12-34-19-6-5-18(19)33-11-9-23-2;15-7(6-22)5-13-9(16)2-3-10(17)14-8(12(20)21)1-4-11(18)19;9-3-5-11-7-1-2-8(7)12-6-4-10;1-2/h17-19,23H,3-14,32H2,1-2H3,(H,24,31)(H,25,29)(H,26,30);8H,1-6,22H2,(H,13,16)(H,14,17)(H,18,19)(H,20,21);7-8H,1-6,9-10H2;1H/t17-,18?,19?;8-;;/m11../s1/i14T;6T;;/t14?,17-,18?,19?;6?,8-;;. The molecule has 0 aromatic heterocycles. The van der Waals surface area contributed by atoms with Gasteiger partial charge in [0.1, 0.15) is 17.9 Å². The van der Waals surface area contributed by atoms with Gasteiger partial charge in [-0.2, -0.15) is 47.0 Å². The summed E-state index contributed by atoms with van der Waals surface area (Å²) in [6.07, 6.45) is 1.94. The molecule has 70 heavy (non-hydrogen) atoms. The highest BCUT2D eigenvalue weighted by atomic mass is 32.2.